The summed E-state index contributed by atoms with van der Waals surface area (Å²) in [6.07, 6.45) is -4.36. The van der Waals surface area contributed by atoms with Crippen LogP contribution in [-0.4, -0.2) is 39.0 Å². The van der Waals surface area contributed by atoms with Gasteiger partial charge in [0.05, 0.1) is 18.3 Å². The Labute approximate surface area is 124 Å². The number of tetrazole rings is 1. The fourth-order valence-corrected chi connectivity index (χ4v) is 2.38. The third-order valence-electron chi connectivity index (χ3n) is 3.43. The summed E-state index contributed by atoms with van der Waals surface area (Å²) in [6.45, 7) is 1.38. The second kappa shape index (κ2) is 5.47. The van der Waals surface area contributed by atoms with Crippen LogP contribution < -0.4 is 9.64 Å². The summed E-state index contributed by atoms with van der Waals surface area (Å²) in [4.78, 5) is 1.94. The number of rotatable bonds is 3. The molecule has 0 fully saturated rings. The number of halogens is 3. The smallest absolute Gasteiger partial charge is 0.408 e. The van der Waals surface area contributed by atoms with Gasteiger partial charge in [-0.05, 0) is 29.5 Å². The highest BCUT2D eigenvalue weighted by Crippen LogP contribution is 2.34. The summed E-state index contributed by atoms with van der Waals surface area (Å²) >= 11 is 0. The lowest BCUT2D eigenvalue weighted by Gasteiger charge is -2.36. The number of ether oxygens (including phenoxy) is 1. The van der Waals surface area contributed by atoms with Gasteiger partial charge < -0.3 is 9.64 Å². The average molecular weight is 313 g/mol. The molecule has 1 unspecified atom stereocenters. The number of benzene rings is 1. The molecule has 1 aromatic heterocycles. The van der Waals surface area contributed by atoms with Crippen LogP contribution in [0, 0.1) is 0 Å². The summed E-state index contributed by atoms with van der Waals surface area (Å²) in [6, 6.07) is 7.40. The molecule has 1 aliphatic heterocycles. The molecule has 0 aliphatic carbocycles. The molecule has 0 bridgehead atoms. The minimum atomic E-state index is -4.36. The van der Waals surface area contributed by atoms with Gasteiger partial charge in [0, 0.05) is 0 Å². The average Bonchev–Trinajstić information content (AvgIpc) is 2.87. The van der Waals surface area contributed by atoms with Crippen molar-refractivity contribution in [1.82, 2.24) is 20.2 Å². The van der Waals surface area contributed by atoms with Crippen LogP contribution >= 0.6 is 0 Å². The number of hydrogen-bond donors (Lipinski definition) is 0. The van der Waals surface area contributed by atoms with E-state index in [4.69, 9.17) is 4.74 Å². The quantitative estimate of drug-likeness (QED) is 0.868. The Balaban J connectivity index is 1.86. The summed E-state index contributed by atoms with van der Waals surface area (Å²) in [5, 5.41) is 10.5. The zero-order chi connectivity index (χ0) is 15.7. The molecule has 0 spiro atoms. The Kier molecular flexibility index (Phi) is 3.63. The number of aromatic nitrogens is 4. The second-order valence-corrected chi connectivity index (χ2v) is 5.12. The maximum Gasteiger partial charge on any atom is 0.408 e. The topological polar surface area (TPSA) is 56.1 Å². The van der Waals surface area contributed by atoms with Crippen molar-refractivity contribution in [1.29, 1.82) is 0 Å². The van der Waals surface area contributed by atoms with Gasteiger partial charge in [-0.3, -0.25) is 0 Å². The summed E-state index contributed by atoms with van der Waals surface area (Å²) in [5.41, 5.74) is 0.822. The predicted molar refractivity (Wildman–Crippen MR) is 71.5 cm³/mol. The van der Waals surface area contributed by atoms with E-state index in [-0.39, 0.29) is 18.4 Å². The molecule has 0 radical (unpaired) electrons. The minimum Gasteiger partial charge on any atom is -0.489 e. The molecule has 0 amide bonds. The number of nitrogens with zero attached hydrogens (tertiary/aromatic N) is 5. The van der Waals surface area contributed by atoms with E-state index in [9.17, 15) is 13.2 Å². The van der Waals surface area contributed by atoms with E-state index in [1.54, 1.807) is 0 Å². The first-order valence-corrected chi connectivity index (χ1v) is 6.74. The fraction of sp³-hybridized carbons (Fsp3) is 0.462. The second-order valence-electron chi connectivity index (χ2n) is 5.12. The molecule has 1 aromatic carbocycles. The van der Waals surface area contributed by atoms with Crippen molar-refractivity contribution in [3.63, 3.8) is 0 Å². The van der Waals surface area contributed by atoms with Crippen molar-refractivity contribution in [2.24, 2.45) is 0 Å². The van der Waals surface area contributed by atoms with Crippen molar-refractivity contribution in [3.8, 4) is 5.75 Å². The first-order valence-electron chi connectivity index (χ1n) is 6.74. The molecule has 2 aromatic rings. The van der Waals surface area contributed by atoms with Crippen LogP contribution in [0.1, 0.15) is 12.7 Å². The molecule has 0 N–H and O–H groups in total. The van der Waals surface area contributed by atoms with Crippen molar-refractivity contribution in [2.75, 3.05) is 11.5 Å². The molecule has 1 aliphatic rings. The Bertz CT molecular complexity index is 657. The van der Waals surface area contributed by atoms with E-state index in [2.05, 4.69) is 15.5 Å². The van der Waals surface area contributed by atoms with Crippen LogP contribution in [0.25, 0.3) is 0 Å². The molecule has 0 saturated carbocycles. The molecule has 1 atom stereocenters. The van der Waals surface area contributed by atoms with E-state index < -0.39 is 12.7 Å². The summed E-state index contributed by atoms with van der Waals surface area (Å²) in [7, 11) is 0. The highest BCUT2D eigenvalue weighted by molar-refractivity contribution is 5.60. The monoisotopic (exact) mass is 313 g/mol. The van der Waals surface area contributed by atoms with Crippen LogP contribution in [0.4, 0.5) is 18.9 Å². The maximum atomic E-state index is 12.5. The molecule has 22 heavy (non-hydrogen) atoms. The largest absolute Gasteiger partial charge is 0.489 e. The zero-order valence-electron chi connectivity index (χ0n) is 11.8. The Morgan fingerprint density at radius 2 is 2.09 bits per heavy atom. The minimum absolute atomic E-state index is 0.00550. The van der Waals surface area contributed by atoms with Gasteiger partial charge >= 0.3 is 6.18 Å². The van der Waals surface area contributed by atoms with E-state index >= 15 is 0 Å². The fourth-order valence-electron chi connectivity index (χ4n) is 2.38. The Morgan fingerprint density at radius 3 is 2.86 bits per heavy atom. The molecular formula is C13H14F3N5O. The molecule has 6 nitrogen and oxygen atoms in total. The molecule has 2 heterocycles. The molecule has 0 saturated heterocycles. The van der Waals surface area contributed by atoms with Crippen LogP contribution in [0.2, 0.25) is 0 Å². The van der Waals surface area contributed by atoms with Gasteiger partial charge in [0.1, 0.15) is 18.9 Å². The van der Waals surface area contributed by atoms with Gasteiger partial charge in [0.25, 0.3) is 0 Å². The Morgan fingerprint density at radius 1 is 1.32 bits per heavy atom. The molecular weight excluding hydrogens is 299 g/mol. The van der Waals surface area contributed by atoms with E-state index in [1.165, 1.54) is 0 Å². The first-order chi connectivity index (χ1) is 10.4. The molecule has 9 heteroatoms. The highest BCUT2D eigenvalue weighted by atomic mass is 19.4. The lowest BCUT2D eigenvalue weighted by Crippen LogP contribution is -2.41. The van der Waals surface area contributed by atoms with Crippen molar-refractivity contribution in [3.05, 3.63) is 30.1 Å². The summed E-state index contributed by atoms with van der Waals surface area (Å²) < 4.78 is 44.0. The lowest BCUT2D eigenvalue weighted by molar-refractivity contribution is -0.143. The van der Waals surface area contributed by atoms with Gasteiger partial charge in [-0.15, -0.1) is 5.10 Å². The van der Waals surface area contributed by atoms with Crippen LogP contribution in [0.5, 0.6) is 5.75 Å². The van der Waals surface area contributed by atoms with Crippen LogP contribution in [0.15, 0.2) is 24.3 Å². The number of para-hydroxylation sites is 2. The SMILES string of the molecule is CC1COc2ccccc2N1Cc1nnnn1CC(F)(F)F. The third kappa shape index (κ3) is 2.97. The maximum absolute atomic E-state index is 12.5. The third-order valence-corrected chi connectivity index (χ3v) is 3.43. The lowest BCUT2D eigenvalue weighted by atomic mass is 10.1. The molecule has 3 rings (SSSR count). The van der Waals surface area contributed by atoms with Crippen LogP contribution in [0.3, 0.4) is 0 Å². The first kappa shape index (κ1) is 14.6. The van der Waals surface area contributed by atoms with Gasteiger partial charge in [0.2, 0.25) is 0 Å². The molecule has 118 valence electrons. The van der Waals surface area contributed by atoms with Crippen molar-refractivity contribution >= 4 is 5.69 Å². The number of hydrogen-bond acceptors (Lipinski definition) is 5. The zero-order valence-corrected chi connectivity index (χ0v) is 11.8. The Hall–Kier alpha value is -2.32. The number of alkyl halides is 3. The number of fused-ring (bicyclic) bond motifs is 1. The van der Waals surface area contributed by atoms with E-state index in [0.29, 0.717) is 12.4 Å². The normalized spacial score (nSPS) is 18.0. The predicted octanol–water partition coefficient (Wildman–Crippen LogP) is 2.02. The number of anilines is 1. The van der Waals surface area contributed by atoms with E-state index in [0.717, 1.165) is 10.4 Å². The highest BCUT2D eigenvalue weighted by Gasteiger charge is 2.31. The van der Waals surface area contributed by atoms with Gasteiger partial charge in [0.15, 0.2) is 5.82 Å². The van der Waals surface area contributed by atoms with Crippen molar-refractivity contribution in [2.45, 2.75) is 32.2 Å². The van der Waals surface area contributed by atoms with Crippen LogP contribution in [-0.2, 0) is 13.1 Å². The van der Waals surface area contributed by atoms with Gasteiger partial charge in [-0.2, -0.15) is 13.2 Å². The van der Waals surface area contributed by atoms with Gasteiger partial charge in [-0.1, -0.05) is 12.1 Å². The summed E-state index contributed by atoms with van der Waals surface area (Å²) in [5.74, 6) is 0.872. The van der Waals surface area contributed by atoms with Crippen molar-refractivity contribution < 1.29 is 17.9 Å². The van der Waals surface area contributed by atoms with E-state index in [1.807, 2.05) is 36.1 Å². The standard InChI is InChI=1S/C13H14F3N5O/c1-9-7-22-11-5-3-2-4-10(11)20(9)6-12-17-18-19-21(12)8-13(14,15)16/h2-5,9H,6-8H2,1H3. The van der Waals surface area contributed by atoms with Gasteiger partial charge in [-0.25, -0.2) is 4.68 Å².